The lowest BCUT2D eigenvalue weighted by Gasteiger charge is -2.11. The maximum absolute atomic E-state index is 11.5. The van der Waals surface area contributed by atoms with Gasteiger partial charge in [0.1, 0.15) is 5.75 Å². The Balaban J connectivity index is 1.88. The van der Waals surface area contributed by atoms with Crippen LogP contribution in [0.5, 0.6) is 5.75 Å². The summed E-state index contributed by atoms with van der Waals surface area (Å²) in [6.07, 6.45) is 3.15. The first kappa shape index (κ1) is 12.6. The van der Waals surface area contributed by atoms with Crippen molar-refractivity contribution in [1.29, 1.82) is 0 Å². The monoisotopic (exact) mass is 247 g/mol. The number of aryl methyl sites for hydroxylation is 1. The summed E-state index contributed by atoms with van der Waals surface area (Å²) in [7, 11) is 0. The molecule has 2 rings (SSSR count). The molecule has 0 aliphatic heterocycles. The van der Waals surface area contributed by atoms with Crippen LogP contribution in [0.3, 0.4) is 0 Å². The van der Waals surface area contributed by atoms with Crippen molar-refractivity contribution in [2.75, 3.05) is 13.2 Å². The maximum atomic E-state index is 11.5. The molecule has 0 heterocycles. The average Bonchev–Trinajstić information content (AvgIpc) is 3.18. The molecule has 0 bridgehead atoms. The highest BCUT2D eigenvalue weighted by Gasteiger charge is 2.21. The van der Waals surface area contributed by atoms with Gasteiger partial charge in [0.05, 0.1) is 5.56 Å². The second kappa shape index (κ2) is 5.67. The van der Waals surface area contributed by atoms with Gasteiger partial charge in [-0.3, -0.25) is 9.59 Å². The summed E-state index contributed by atoms with van der Waals surface area (Å²) in [6.45, 7) is 2.54. The van der Waals surface area contributed by atoms with Crippen molar-refractivity contribution in [2.24, 2.45) is 5.92 Å². The van der Waals surface area contributed by atoms with Gasteiger partial charge in [0.2, 0.25) is 0 Å². The highest BCUT2D eigenvalue weighted by molar-refractivity contribution is 5.81. The molecule has 1 aliphatic carbocycles. The van der Waals surface area contributed by atoms with Crippen molar-refractivity contribution in [3.63, 3.8) is 0 Å². The first-order valence-corrected chi connectivity index (χ1v) is 6.15. The topological polar surface area (TPSA) is 55.4 Å². The normalized spacial score (nSPS) is 14.1. The SMILES string of the molecule is Cc1cccc(C=O)c1OCC(=O)NCC1CC1. The second-order valence-electron chi connectivity index (χ2n) is 4.65. The molecular formula is C14H17NO3. The van der Waals surface area contributed by atoms with Crippen LogP contribution < -0.4 is 10.1 Å². The van der Waals surface area contributed by atoms with Gasteiger partial charge in [-0.25, -0.2) is 0 Å². The maximum Gasteiger partial charge on any atom is 0.257 e. The van der Waals surface area contributed by atoms with Crippen molar-refractivity contribution in [2.45, 2.75) is 19.8 Å². The number of amides is 1. The Hall–Kier alpha value is -1.84. The molecule has 0 saturated heterocycles. The van der Waals surface area contributed by atoms with Gasteiger partial charge in [0.25, 0.3) is 5.91 Å². The molecule has 96 valence electrons. The average molecular weight is 247 g/mol. The fourth-order valence-electron chi connectivity index (χ4n) is 1.73. The third-order valence-corrected chi connectivity index (χ3v) is 3.00. The number of carbonyl (C=O) groups excluding carboxylic acids is 2. The Morgan fingerprint density at radius 1 is 1.50 bits per heavy atom. The minimum atomic E-state index is -0.137. The first-order valence-electron chi connectivity index (χ1n) is 6.15. The third-order valence-electron chi connectivity index (χ3n) is 3.00. The van der Waals surface area contributed by atoms with Crippen LogP contribution >= 0.6 is 0 Å². The zero-order valence-electron chi connectivity index (χ0n) is 10.4. The molecule has 1 aliphatic rings. The number of benzene rings is 1. The van der Waals surface area contributed by atoms with E-state index in [0.717, 1.165) is 18.4 Å². The molecule has 0 unspecified atom stereocenters. The standard InChI is InChI=1S/C14H17NO3/c1-10-3-2-4-12(8-16)14(10)18-9-13(17)15-7-11-5-6-11/h2-4,8,11H,5-7,9H2,1H3,(H,15,17). The summed E-state index contributed by atoms with van der Waals surface area (Å²) in [6, 6.07) is 5.32. The number of hydrogen-bond acceptors (Lipinski definition) is 3. The molecule has 1 fully saturated rings. The van der Waals surface area contributed by atoms with Gasteiger partial charge in [-0.1, -0.05) is 12.1 Å². The van der Waals surface area contributed by atoms with Gasteiger partial charge in [0.15, 0.2) is 12.9 Å². The van der Waals surface area contributed by atoms with E-state index in [4.69, 9.17) is 4.74 Å². The molecule has 1 amide bonds. The van der Waals surface area contributed by atoms with E-state index in [9.17, 15) is 9.59 Å². The van der Waals surface area contributed by atoms with Crippen LogP contribution in [-0.4, -0.2) is 25.3 Å². The summed E-state index contributed by atoms with van der Waals surface area (Å²) in [5, 5.41) is 2.82. The van der Waals surface area contributed by atoms with Crippen molar-refractivity contribution in [3.8, 4) is 5.75 Å². The van der Waals surface area contributed by atoms with E-state index in [1.807, 2.05) is 13.0 Å². The van der Waals surface area contributed by atoms with Crippen LogP contribution in [0.1, 0.15) is 28.8 Å². The molecule has 0 aromatic heterocycles. The number of nitrogens with one attached hydrogen (secondary N) is 1. The molecule has 18 heavy (non-hydrogen) atoms. The molecule has 4 nitrogen and oxygen atoms in total. The van der Waals surface area contributed by atoms with Crippen LogP contribution in [0.25, 0.3) is 0 Å². The molecule has 0 atom stereocenters. The molecule has 1 aromatic carbocycles. The molecule has 1 saturated carbocycles. The molecule has 0 radical (unpaired) electrons. The summed E-state index contributed by atoms with van der Waals surface area (Å²) in [5.74, 6) is 1.01. The van der Waals surface area contributed by atoms with E-state index in [2.05, 4.69) is 5.32 Å². The van der Waals surface area contributed by atoms with E-state index >= 15 is 0 Å². The van der Waals surface area contributed by atoms with Crippen molar-refractivity contribution in [3.05, 3.63) is 29.3 Å². The van der Waals surface area contributed by atoms with Crippen LogP contribution in [0.4, 0.5) is 0 Å². The molecule has 1 N–H and O–H groups in total. The van der Waals surface area contributed by atoms with E-state index in [1.165, 1.54) is 12.8 Å². The third kappa shape index (κ3) is 3.32. The van der Waals surface area contributed by atoms with E-state index in [-0.39, 0.29) is 12.5 Å². The van der Waals surface area contributed by atoms with Gasteiger partial charge in [0, 0.05) is 6.54 Å². The lowest BCUT2D eigenvalue weighted by atomic mass is 10.1. The highest BCUT2D eigenvalue weighted by atomic mass is 16.5. The van der Waals surface area contributed by atoms with E-state index in [0.29, 0.717) is 17.2 Å². The van der Waals surface area contributed by atoms with Crippen molar-refractivity contribution >= 4 is 12.2 Å². The summed E-state index contributed by atoms with van der Waals surface area (Å²) >= 11 is 0. The zero-order valence-corrected chi connectivity index (χ0v) is 10.4. The Kier molecular flexibility index (Phi) is 3.97. The zero-order chi connectivity index (χ0) is 13.0. The minimum absolute atomic E-state index is 0.0432. The van der Waals surface area contributed by atoms with Crippen LogP contribution in [0, 0.1) is 12.8 Å². The van der Waals surface area contributed by atoms with Gasteiger partial charge in [-0.2, -0.15) is 0 Å². The summed E-state index contributed by atoms with van der Waals surface area (Å²) in [5.41, 5.74) is 1.33. The lowest BCUT2D eigenvalue weighted by molar-refractivity contribution is -0.123. The largest absolute Gasteiger partial charge is 0.483 e. The number of carbonyl (C=O) groups is 2. The first-order chi connectivity index (χ1) is 8.70. The van der Waals surface area contributed by atoms with Crippen LogP contribution in [0.15, 0.2) is 18.2 Å². The quantitative estimate of drug-likeness (QED) is 0.779. The van der Waals surface area contributed by atoms with Crippen molar-refractivity contribution in [1.82, 2.24) is 5.32 Å². The minimum Gasteiger partial charge on any atom is -0.483 e. The Bertz CT molecular complexity index is 452. The molecule has 4 heteroatoms. The fourth-order valence-corrected chi connectivity index (χ4v) is 1.73. The number of hydrogen-bond donors (Lipinski definition) is 1. The fraction of sp³-hybridized carbons (Fsp3) is 0.429. The Morgan fingerprint density at radius 3 is 2.94 bits per heavy atom. The van der Waals surface area contributed by atoms with Gasteiger partial charge >= 0.3 is 0 Å². The highest BCUT2D eigenvalue weighted by Crippen LogP contribution is 2.27. The number of rotatable bonds is 6. The Morgan fingerprint density at radius 2 is 2.28 bits per heavy atom. The predicted molar refractivity (Wildman–Crippen MR) is 67.8 cm³/mol. The Labute approximate surface area is 106 Å². The van der Waals surface area contributed by atoms with Gasteiger partial charge < -0.3 is 10.1 Å². The number of aldehydes is 1. The smallest absolute Gasteiger partial charge is 0.257 e. The van der Waals surface area contributed by atoms with Crippen LogP contribution in [-0.2, 0) is 4.79 Å². The number of para-hydroxylation sites is 1. The number of ether oxygens (including phenoxy) is 1. The van der Waals surface area contributed by atoms with E-state index < -0.39 is 0 Å². The van der Waals surface area contributed by atoms with Gasteiger partial charge in [-0.15, -0.1) is 0 Å². The summed E-state index contributed by atoms with van der Waals surface area (Å²) < 4.78 is 5.43. The predicted octanol–water partition coefficient (Wildman–Crippen LogP) is 1.71. The summed E-state index contributed by atoms with van der Waals surface area (Å²) in [4.78, 5) is 22.4. The second-order valence-corrected chi connectivity index (χ2v) is 4.65. The van der Waals surface area contributed by atoms with Gasteiger partial charge in [-0.05, 0) is 37.3 Å². The van der Waals surface area contributed by atoms with Crippen LogP contribution in [0.2, 0.25) is 0 Å². The van der Waals surface area contributed by atoms with Crippen molar-refractivity contribution < 1.29 is 14.3 Å². The van der Waals surface area contributed by atoms with E-state index in [1.54, 1.807) is 12.1 Å². The molecule has 0 spiro atoms. The molecule has 1 aromatic rings. The lowest BCUT2D eigenvalue weighted by Crippen LogP contribution is -2.30. The molecular weight excluding hydrogens is 230 g/mol.